The highest BCUT2D eigenvalue weighted by Gasteiger charge is 2.24. The minimum atomic E-state index is -0.235. The van der Waals surface area contributed by atoms with E-state index >= 15 is 0 Å². The van der Waals surface area contributed by atoms with Crippen LogP contribution in [-0.4, -0.2) is 20.0 Å². The third-order valence-electron chi connectivity index (χ3n) is 3.60. The molecule has 1 fully saturated rings. The van der Waals surface area contributed by atoms with Gasteiger partial charge in [0.15, 0.2) is 5.15 Å². The molecule has 0 aliphatic heterocycles. The van der Waals surface area contributed by atoms with Crippen LogP contribution in [0.15, 0.2) is 35.4 Å². The third kappa shape index (κ3) is 1.82. The zero-order chi connectivity index (χ0) is 13.7. The predicted molar refractivity (Wildman–Crippen MR) is 76.9 cm³/mol. The molecular weight excluding hydrogens is 276 g/mol. The molecule has 2 aromatic heterocycles. The van der Waals surface area contributed by atoms with Crippen molar-refractivity contribution in [3.63, 3.8) is 0 Å². The monoisotopic (exact) mass is 286 g/mol. The van der Waals surface area contributed by atoms with Crippen molar-refractivity contribution in [2.24, 2.45) is 0 Å². The molecule has 100 valence electrons. The Hall–Kier alpha value is -2.14. The Morgan fingerprint density at radius 1 is 1.25 bits per heavy atom. The van der Waals surface area contributed by atoms with Gasteiger partial charge < -0.3 is 0 Å². The molecule has 1 saturated carbocycles. The molecule has 3 aromatic rings. The minimum absolute atomic E-state index is 0.235. The zero-order valence-corrected chi connectivity index (χ0v) is 11.3. The van der Waals surface area contributed by atoms with Gasteiger partial charge in [0.25, 0.3) is 5.56 Å². The molecule has 0 atom stereocenters. The molecule has 1 aliphatic carbocycles. The van der Waals surface area contributed by atoms with E-state index in [0.29, 0.717) is 22.0 Å². The van der Waals surface area contributed by atoms with Gasteiger partial charge in [-0.1, -0.05) is 23.7 Å². The molecule has 5 nitrogen and oxygen atoms in total. The van der Waals surface area contributed by atoms with Gasteiger partial charge in [0.05, 0.1) is 17.6 Å². The lowest BCUT2D eigenvalue weighted by molar-refractivity contribution is 0.642. The van der Waals surface area contributed by atoms with E-state index in [1.165, 1.54) is 12.8 Å². The summed E-state index contributed by atoms with van der Waals surface area (Å²) in [6.45, 7) is 0. The molecule has 0 saturated heterocycles. The van der Waals surface area contributed by atoms with Crippen molar-refractivity contribution < 1.29 is 0 Å². The fraction of sp³-hybridized carbons (Fsp3) is 0.214. The van der Waals surface area contributed by atoms with Crippen LogP contribution in [0.4, 0.5) is 0 Å². The minimum Gasteiger partial charge on any atom is -0.269 e. The van der Waals surface area contributed by atoms with E-state index in [-0.39, 0.29) is 5.56 Å². The van der Waals surface area contributed by atoms with Crippen LogP contribution < -0.4 is 5.56 Å². The molecule has 0 spiro atoms. The van der Waals surface area contributed by atoms with Crippen molar-refractivity contribution in [3.8, 4) is 11.1 Å². The van der Waals surface area contributed by atoms with Gasteiger partial charge in [0, 0.05) is 17.1 Å². The van der Waals surface area contributed by atoms with Crippen molar-refractivity contribution in [1.29, 1.82) is 0 Å². The first-order valence-electron chi connectivity index (χ1n) is 6.45. The van der Waals surface area contributed by atoms with Gasteiger partial charge in [-0.3, -0.25) is 9.48 Å². The van der Waals surface area contributed by atoms with Crippen LogP contribution in [0.3, 0.4) is 0 Å². The maximum absolute atomic E-state index is 11.8. The summed E-state index contributed by atoms with van der Waals surface area (Å²) in [5.41, 5.74) is 1.73. The second-order valence-electron chi connectivity index (χ2n) is 5.04. The van der Waals surface area contributed by atoms with Crippen LogP contribution in [0.5, 0.6) is 0 Å². The lowest BCUT2D eigenvalue weighted by Gasteiger charge is -2.02. The number of aromatic amines is 1. The smallest absolute Gasteiger partial charge is 0.269 e. The number of H-pyrrole nitrogens is 1. The predicted octanol–water partition coefficient (Wildman–Crippen LogP) is 2.77. The Kier molecular flexibility index (Phi) is 2.44. The summed E-state index contributed by atoms with van der Waals surface area (Å²) in [5, 5.41) is 12.0. The van der Waals surface area contributed by atoms with Crippen molar-refractivity contribution >= 4 is 22.4 Å². The van der Waals surface area contributed by atoms with Gasteiger partial charge in [0.2, 0.25) is 0 Å². The maximum Gasteiger partial charge on any atom is 0.272 e. The Morgan fingerprint density at radius 2 is 2.10 bits per heavy atom. The molecule has 1 aliphatic rings. The zero-order valence-electron chi connectivity index (χ0n) is 10.5. The second kappa shape index (κ2) is 4.18. The molecule has 6 heteroatoms. The number of aromatic nitrogens is 4. The van der Waals surface area contributed by atoms with E-state index < -0.39 is 0 Å². The highest BCUT2D eigenvalue weighted by atomic mass is 35.5. The average Bonchev–Trinajstić information content (AvgIpc) is 3.20. The second-order valence-corrected chi connectivity index (χ2v) is 5.40. The van der Waals surface area contributed by atoms with Gasteiger partial charge in [-0.15, -0.1) is 0 Å². The Morgan fingerprint density at radius 3 is 2.90 bits per heavy atom. The van der Waals surface area contributed by atoms with Crippen molar-refractivity contribution in [2.45, 2.75) is 18.9 Å². The Bertz CT molecular complexity index is 863. The normalized spacial score (nSPS) is 14.8. The number of hydrogen-bond donors (Lipinski definition) is 1. The number of benzene rings is 1. The van der Waals surface area contributed by atoms with Gasteiger partial charge >= 0.3 is 0 Å². The van der Waals surface area contributed by atoms with E-state index in [4.69, 9.17) is 11.6 Å². The fourth-order valence-electron chi connectivity index (χ4n) is 2.34. The molecule has 0 radical (unpaired) electrons. The fourth-order valence-corrected chi connectivity index (χ4v) is 2.54. The van der Waals surface area contributed by atoms with Crippen molar-refractivity contribution in [2.75, 3.05) is 0 Å². The number of fused-ring (bicyclic) bond motifs is 1. The van der Waals surface area contributed by atoms with Crippen LogP contribution in [0.2, 0.25) is 5.15 Å². The van der Waals surface area contributed by atoms with E-state index in [1.54, 1.807) is 0 Å². The molecule has 2 heterocycles. The number of hydrogen-bond acceptors (Lipinski definition) is 3. The van der Waals surface area contributed by atoms with Gasteiger partial charge in [-0.05, 0) is 24.5 Å². The first kappa shape index (κ1) is 11.7. The highest BCUT2D eigenvalue weighted by molar-refractivity contribution is 6.34. The summed E-state index contributed by atoms with van der Waals surface area (Å²) < 4.78 is 1.99. The van der Waals surface area contributed by atoms with Crippen LogP contribution in [0, 0.1) is 0 Å². The van der Waals surface area contributed by atoms with Crippen molar-refractivity contribution in [1.82, 2.24) is 20.0 Å². The summed E-state index contributed by atoms with van der Waals surface area (Å²) in [6, 6.07) is 6.13. The first-order chi connectivity index (χ1) is 9.72. The number of nitrogens with zero attached hydrogens (tertiary/aromatic N) is 3. The summed E-state index contributed by atoms with van der Waals surface area (Å²) in [7, 11) is 0. The summed E-state index contributed by atoms with van der Waals surface area (Å²) in [6.07, 6.45) is 6.24. The summed E-state index contributed by atoms with van der Waals surface area (Å²) in [4.78, 5) is 11.8. The van der Waals surface area contributed by atoms with E-state index in [0.717, 1.165) is 11.1 Å². The molecule has 0 unspecified atom stereocenters. The molecule has 4 rings (SSSR count). The largest absolute Gasteiger partial charge is 0.272 e. The van der Waals surface area contributed by atoms with Gasteiger partial charge in [-0.2, -0.15) is 10.2 Å². The number of halogens is 1. The van der Waals surface area contributed by atoms with Crippen LogP contribution >= 0.6 is 11.6 Å². The van der Waals surface area contributed by atoms with E-state index in [9.17, 15) is 4.79 Å². The summed E-state index contributed by atoms with van der Waals surface area (Å²) >= 11 is 5.98. The lowest BCUT2D eigenvalue weighted by Crippen LogP contribution is -2.08. The van der Waals surface area contributed by atoms with Gasteiger partial charge in [-0.25, -0.2) is 5.10 Å². The summed E-state index contributed by atoms with van der Waals surface area (Å²) in [5.74, 6) is 0. The molecule has 0 amide bonds. The maximum atomic E-state index is 11.8. The van der Waals surface area contributed by atoms with E-state index in [1.807, 2.05) is 35.3 Å². The Balaban J connectivity index is 1.87. The van der Waals surface area contributed by atoms with Crippen LogP contribution in [0.1, 0.15) is 18.9 Å². The first-order valence-corrected chi connectivity index (χ1v) is 6.82. The van der Waals surface area contributed by atoms with E-state index in [2.05, 4.69) is 15.3 Å². The van der Waals surface area contributed by atoms with Crippen molar-refractivity contribution in [3.05, 3.63) is 46.1 Å². The van der Waals surface area contributed by atoms with Crippen LogP contribution in [0.25, 0.3) is 21.9 Å². The van der Waals surface area contributed by atoms with Gasteiger partial charge in [0.1, 0.15) is 0 Å². The standard InChI is InChI=1S/C14H11ClN4O/c15-13-11-4-1-8(5-12(11)14(20)18-17-13)9-6-16-19(7-9)10-2-3-10/h1,4-7,10H,2-3H2,(H,18,20). The molecule has 0 bridgehead atoms. The lowest BCUT2D eigenvalue weighted by atomic mass is 10.1. The van der Waals surface area contributed by atoms with Crippen LogP contribution in [-0.2, 0) is 0 Å². The topological polar surface area (TPSA) is 63.6 Å². The number of rotatable bonds is 2. The number of nitrogens with one attached hydrogen (secondary N) is 1. The molecular formula is C14H11ClN4O. The SMILES string of the molecule is O=c1[nH]nc(Cl)c2ccc(-c3cnn(C4CC4)c3)cc12. The average molecular weight is 287 g/mol. The molecule has 20 heavy (non-hydrogen) atoms. The highest BCUT2D eigenvalue weighted by Crippen LogP contribution is 2.35. The Labute approximate surface area is 119 Å². The third-order valence-corrected chi connectivity index (χ3v) is 3.89. The molecule has 1 N–H and O–H groups in total. The molecule has 1 aromatic carbocycles. The quantitative estimate of drug-likeness (QED) is 0.788.